The molecule has 9 nitrogen and oxygen atoms in total. The topological polar surface area (TPSA) is 101 Å². The van der Waals surface area contributed by atoms with Gasteiger partial charge in [0.15, 0.2) is 5.82 Å². The number of benzene rings is 1. The molecule has 1 N–H and O–H groups in total. The molecule has 1 aliphatic rings. The number of hydrogen-bond acceptors (Lipinski definition) is 8. The first kappa shape index (κ1) is 31.1. The zero-order valence-electron chi connectivity index (χ0n) is 24.1. The summed E-state index contributed by atoms with van der Waals surface area (Å²) in [4.78, 5) is 21.9. The van der Waals surface area contributed by atoms with E-state index in [1.165, 1.54) is 29.2 Å². The third-order valence-corrected chi connectivity index (χ3v) is 6.25. The van der Waals surface area contributed by atoms with Crippen molar-refractivity contribution in [1.29, 1.82) is 0 Å². The fourth-order valence-corrected chi connectivity index (χ4v) is 4.66. The van der Waals surface area contributed by atoms with Crippen LogP contribution in [0.25, 0.3) is 10.9 Å². The third kappa shape index (κ3) is 8.34. The van der Waals surface area contributed by atoms with Crippen molar-refractivity contribution in [2.45, 2.75) is 77.5 Å². The first-order valence-electron chi connectivity index (χ1n) is 13.6. The number of halogens is 4. The number of rotatable bonds is 8. The molecule has 42 heavy (non-hydrogen) atoms. The van der Waals surface area contributed by atoms with Crippen molar-refractivity contribution in [3.63, 3.8) is 0 Å². The Morgan fingerprint density at radius 2 is 1.93 bits per heavy atom. The van der Waals surface area contributed by atoms with Gasteiger partial charge in [-0.25, -0.2) is 19.2 Å². The summed E-state index contributed by atoms with van der Waals surface area (Å²) in [7, 11) is 0. The van der Waals surface area contributed by atoms with Crippen LogP contribution in [0.1, 0.15) is 58.3 Å². The minimum absolute atomic E-state index is 0.0141. The molecule has 2 aromatic heterocycles. The molecule has 0 saturated carbocycles. The second kappa shape index (κ2) is 12.6. The fraction of sp³-hybridized carbons (Fsp3) is 0.483. The lowest BCUT2D eigenvalue weighted by molar-refractivity contribution is -0.183. The van der Waals surface area contributed by atoms with Crippen LogP contribution in [0.5, 0.6) is 5.75 Å². The van der Waals surface area contributed by atoms with Crippen LogP contribution in [0.3, 0.4) is 0 Å². The zero-order chi connectivity index (χ0) is 30.7. The maximum absolute atomic E-state index is 14.1. The summed E-state index contributed by atoms with van der Waals surface area (Å²) in [6, 6.07) is 6.37. The molecule has 1 aromatic carbocycles. The Hall–Kier alpha value is -3.87. The van der Waals surface area contributed by atoms with E-state index in [-0.39, 0.29) is 37.1 Å². The average molecular weight is 591 g/mol. The summed E-state index contributed by atoms with van der Waals surface area (Å²) in [6.07, 6.45) is -3.90. The summed E-state index contributed by atoms with van der Waals surface area (Å²) >= 11 is 0. The van der Waals surface area contributed by atoms with Gasteiger partial charge in [0.1, 0.15) is 35.3 Å². The van der Waals surface area contributed by atoms with Crippen molar-refractivity contribution in [1.82, 2.24) is 20.2 Å². The van der Waals surface area contributed by atoms with Crippen LogP contribution in [0, 0.1) is 5.82 Å². The van der Waals surface area contributed by atoms with Crippen LogP contribution < -0.4 is 10.1 Å². The molecular weight excluding hydrogens is 556 g/mol. The Morgan fingerprint density at radius 1 is 1.17 bits per heavy atom. The zero-order valence-corrected chi connectivity index (χ0v) is 24.1. The number of fused-ring (bicyclic) bond motifs is 1. The third-order valence-electron chi connectivity index (χ3n) is 6.25. The van der Waals surface area contributed by atoms with E-state index in [0.717, 1.165) is 6.20 Å². The molecule has 226 valence electrons. The molecule has 4 rings (SSSR count). The predicted octanol–water partition coefficient (Wildman–Crippen LogP) is 7.04. The van der Waals surface area contributed by atoms with Gasteiger partial charge < -0.3 is 14.8 Å². The smallest absolute Gasteiger partial charge is 0.408 e. The van der Waals surface area contributed by atoms with Crippen molar-refractivity contribution in [2.24, 2.45) is 10.2 Å². The van der Waals surface area contributed by atoms with Gasteiger partial charge in [0.2, 0.25) is 0 Å². The van der Waals surface area contributed by atoms with Crippen molar-refractivity contribution in [3.05, 3.63) is 59.7 Å². The van der Waals surface area contributed by atoms with Crippen LogP contribution in [-0.4, -0.2) is 58.0 Å². The number of nitrogens with one attached hydrogen (secondary N) is 1. The van der Waals surface area contributed by atoms with Gasteiger partial charge in [-0.1, -0.05) is 12.1 Å². The number of amides is 1. The lowest BCUT2D eigenvalue weighted by Crippen LogP contribution is -2.42. The van der Waals surface area contributed by atoms with E-state index in [1.807, 2.05) is 13.8 Å². The molecule has 0 bridgehead atoms. The van der Waals surface area contributed by atoms with Gasteiger partial charge in [-0.3, -0.25) is 4.90 Å². The van der Waals surface area contributed by atoms with Crippen LogP contribution >= 0.6 is 0 Å². The Kier molecular flexibility index (Phi) is 9.29. The Morgan fingerprint density at radius 3 is 2.57 bits per heavy atom. The number of aromatic nitrogens is 2. The number of alkyl carbamates (subject to hydrolysis) is 1. The lowest BCUT2D eigenvalue weighted by Gasteiger charge is -2.30. The summed E-state index contributed by atoms with van der Waals surface area (Å²) in [6.45, 7) is 9.03. The molecule has 0 radical (unpaired) electrons. The van der Waals surface area contributed by atoms with Crippen molar-refractivity contribution in [3.8, 4) is 5.75 Å². The molecule has 13 heteroatoms. The fourth-order valence-electron chi connectivity index (χ4n) is 4.66. The van der Waals surface area contributed by atoms with E-state index < -0.39 is 35.8 Å². The van der Waals surface area contributed by atoms with Gasteiger partial charge in [-0.2, -0.15) is 18.3 Å². The minimum Gasteiger partial charge on any atom is -0.489 e. The highest BCUT2D eigenvalue weighted by Crippen LogP contribution is 2.39. The normalized spacial score (nSPS) is 17.2. The van der Waals surface area contributed by atoms with Crippen LogP contribution in [-0.2, 0) is 11.3 Å². The second-order valence-corrected chi connectivity index (χ2v) is 11.4. The van der Waals surface area contributed by atoms with Gasteiger partial charge in [-0.15, -0.1) is 5.11 Å². The molecule has 1 saturated heterocycles. The predicted molar refractivity (Wildman–Crippen MR) is 148 cm³/mol. The maximum Gasteiger partial charge on any atom is 0.408 e. The standard InChI is InChI=1S/C29H34F4N6O3/c1-17(2)41-23-13-20(30)12-18-6-8-21(36-25(18)23)15-35-38-24-9-7-19(14-34-24)26(29(31,32)33)39-11-10-22(16-39)37-27(40)42-28(3,4)5/h6-9,12-14,17,22,26H,10-11,15-16H2,1-5H3,(H,37,40)/t22-,26+/m0/s1. The van der Waals surface area contributed by atoms with Gasteiger partial charge in [0.05, 0.1) is 11.8 Å². The first-order valence-corrected chi connectivity index (χ1v) is 13.6. The quantitative estimate of drug-likeness (QED) is 0.223. The highest BCUT2D eigenvalue weighted by atomic mass is 19.4. The molecule has 2 atom stereocenters. The number of pyridine rings is 2. The van der Waals surface area contributed by atoms with Crippen LogP contribution in [0.4, 0.5) is 28.2 Å². The minimum atomic E-state index is -4.56. The van der Waals surface area contributed by atoms with E-state index in [0.29, 0.717) is 28.8 Å². The summed E-state index contributed by atoms with van der Waals surface area (Å²) in [5.74, 6) is 0.0224. The van der Waals surface area contributed by atoms with Gasteiger partial charge in [0.25, 0.3) is 0 Å². The number of nitrogens with zero attached hydrogens (tertiary/aromatic N) is 5. The lowest BCUT2D eigenvalue weighted by atomic mass is 10.1. The second-order valence-electron chi connectivity index (χ2n) is 11.4. The number of carbonyl (C=O) groups is 1. The average Bonchev–Trinajstić information content (AvgIpc) is 3.30. The van der Waals surface area contributed by atoms with E-state index in [1.54, 1.807) is 32.9 Å². The Balaban J connectivity index is 1.42. The molecule has 3 aromatic rings. The summed E-state index contributed by atoms with van der Waals surface area (Å²) < 4.78 is 67.3. The SMILES string of the molecule is CC(C)Oc1cc(F)cc2ccc(CN=Nc3ccc([C@@H](N4CC[C@H](NC(=O)OC(C)(C)C)C4)C(F)(F)F)cn3)nc12. The number of likely N-dealkylation sites (tertiary alicyclic amines) is 1. The van der Waals surface area contributed by atoms with Gasteiger partial charge in [-0.05, 0) is 64.8 Å². The Bertz CT molecular complexity index is 1420. The van der Waals surface area contributed by atoms with Gasteiger partial charge in [0, 0.05) is 36.8 Å². The molecule has 0 aliphatic carbocycles. The number of alkyl halides is 3. The number of carbonyl (C=O) groups excluding carboxylic acids is 1. The van der Waals surface area contributed by atoms with E-state index in [2.05, 4.69) is 25.5 Å². The van der Waals surface area contributed by atoms with Crippen molar-refractivity contribution < 1.29 is 31.8 Å². The largest absolute Gasteiger partial charge is 0.489 e. The number of azo groups is 1. The van der Waals surface area contributed by atoms with E-state index in [9.17, 15) is 22.4 Å². The molecular formula is C29H34F4N6O3. The molecule has 1 fully saturated rings. The molecule has 0 unspecified atom stereocenters. The monoisotopic (exact) mass is 590 g/mol. The van der Waals surface area contributed by atoms with Gasteiger partial charge >= 0.3 is 12.3 Å². The van der Waals surface area contributed by atoms with Crippen molar-refractivity contribution >= 4 is 22.8 Å². The number of hydrogen-bond donors (Lipinski definition) is 1. The first-order chi connectivity index (χ1) is 19.7. The summed E-state index contributed by atoms with van der Waals surface area (Å²) in [5.41, 5.74) is 0.286. The maximum atomic E-state index is 14.1. The molecule has 1 aliphatic heterocycles. The Labute approximate surface area is 241 Å². The van der Waals surface area contributed by atoms with Crippen LogP contribution in [0.2, 0.25) is 0 Å². The highest BCUT2D eigenvalue weighted by Gasteiger charge is 2.47. The van der Waals surface area contributed by atoms with Crippen molar-refractivity contribution in [2.75, 3.05) is 13.1 Å². The molecule has 0 spiro atoms. The van der Waals surface area contributed by atoms with Crippen LogP contribution in [0.15, 0.2) is 52.8 Å². The summed E-state index contributed by atoms with van der Waals surface area (Å²) in [5, 5.41) is 11.3. The molecule has 1 amide bonds. The highest BCUT2D eigenvalue weighted by molar-refractivity contribution is 5.84. The van der Waals surface area contributed by atoms with E-state index >= 15 is 0 Å². The number of ether oxygens (including phenoxy) is 2. The van der Waals surface area contributed by atoms with E-state index in [4.69, 9.17) is 9.47 Å². The molecule has 3 heterocycles.